The Morgan fingerprint density at radius 2 is 1.36 bits per heavy atom. The lowest BCUT2D eigenvalue weighted by Crippen LogP contribution is -2.37. The van der Waals surface area contributed by atoms with Crippen LogP contribution in [0.3, 0.4) is 0 Å². The lowest BCUT2D eigenvalue weighted by molar-refractivity contribution is -0.113. The smallest absolute Gasteiger partial charge is 0.137 e. The maximum absolute atomic E-state index is 12.0. The zero-order valence-corrected chi connectivity index (χ0v) is 15.0. The second-order valence-electron chi connectivity index (χ2n) is 7.32. The van der Waals surface area contributed by atoms with Crippen molar-refractivity contribution in [3.05, 3.63) is 71.8 Å². The molecular weight excluding hydrogens is 306 g/mol. The van der Waals surface area contributed by atoms with Crippen LogP contribution in [0, 0.1) is 5.92 Å². The van der Waals surface area contributed by atoms with E-state index in [1.165, 1.54) is 49.5 Å². The molecule has 1 fully saturated rings. The molecule has 1 aliphatic rings. The van der Waals surface area contributed by atoms with E-state index >= 15 is 0 Å². The lowest BCUT2D eigenvalue weighted by atomic mass is 9.84. The van der Waals surface area contributed by atoms with Crippen LogP contribution in [0.5, 0.6) is 0 Å². The first-order valence-corrected chi connectivity index (χ1v) is 9.62. The molecule has 25 heavy (non-hydrogen) atoms. The van der Waals surface area contributed by atoms with Crippen LogP contribution >= 0.6 is 0 Å². The Kier molecular flexibility index (Phi) is 6.81. The third-order valence-electron chi connectivity index (χ3n) is 5.38. The summed E-state index contributed by atoms with van der Waals surface area (Å²) in [7, 11) is 0. The van der Waals surface area contributed by atoms with E-state index in [4.69, 9.17) is 0 Å². The van der Waals surface area contributed by atoms with E-state index in [9.17, 15) is 4.79 Å². The van der Waals surface area contributed by atoms with Gasteiger partial charge in [0.1, 0.15) is 6.29 Å². The number of aldehydes is 1. The molecule has 2 aromatic carbocycles. The van der Waals surface area contributed by atoms with Crippen molar-refractivity contribution in [3.8, 4) is 0 Å². The number of benzene rings is 2. The minimum atomic E-state index is 0.00325. The summed E-state index contributed by atoms with van der Waals surface area (Å²) >= 11 is 0. The zero-order valence-electron chi connectivity index (χ0n) is 15.0. The van der Waals surface area contributed by atoms with Crippen molar-refractivity contribution in [2.45, 2.75) is 57.7 Å². The number of hydrogen-bond acceptors (Lipinski definition) is 2. The molecule has 0 saturated heterocycles. The van der Waals surface area contributed by atoms with Crippen LogP contribution < -0.4 is 0 Å². The highest BCUT2D eigenvalue weighted by Gasteiger charge is 2.24. The third-order valence-corrected chi connectivity index (χ3v) is 5.38. The average Bonchev–Trinajstić information content (AvgIpc) is 2.68. The molecule has 0 bridgehead atoms. The van der Waals surface area contributed by atoms with Gasteiger partial charge in [0.2, 0.25) is 0 Å². The monoisotopic (exact) mass is 335 g/mol. The van der Waals surface area contributed by atoms with Gasteiger partial charge in [-0.2, -0.15) is 0 Å². The number of nitrogens with zero attached hydrogens (tertiary/aromatic N) is 1. The Bertz CT molecular complexity index is 578. The van der Waals surface area contributed by atoms with E-state index in [0.717, 1.165) is 19.5 Å². The highest BCUT2D eigenvalue weighted by Crippen LogP contribution is 2.29. The Morgan fingerprint density at radius 3 is 1.84 bits per heavy atom. The maximum Gasteiger partial charge on any atom is 0.137 e. The van der Waals surface area contributed by atoms with Gasteiger partial charge >= 0.3 is 0 Å². The van der Waals surface area contributed by atoms with Crippen LogP contribution in [-0.4, -0.2) is 17.2 Å². The third kappa shape index (κ3) is 5.54. The van der Waals surface area contributed by atoms with Crippen LogP contribution in [0.25, 0.3) is 0 Å². The van der Waals surface area contributed by atoms with Crippen molar-refractivity contribution in [3.63, 3.8) is 0 Å². The standard InChI is InChI=1S/C23H29NO/c25-19-23(16-20-10-4-1-5-11-20)24(17-21-12-6-2-7-13-21)18-22-14-8-3-9-15-22/h2-3,6-9,12-15,19-20,23H,1,4-5,10-11,16-18H2/t23-/m0/s1. The molecule has 2 aromatic rings. The van der Waals surface area contributed by atoms with Crippen molar-refractivity contribution in [2.24, 2.45) is 5.92 Å². The van der Waals surface area contributed by atoms with Gasteiger partial charge in [-0.15, -0.1) is 0 Å². The summed E-state index contributed by atoms with van der Waals surface area (Å²) in [5.41, 5.74) is 2.54. The quantitative estimate of drug-likeness (QED) is 0.616. The Balaban J connectivity index is 1.73. The topological polar surface area (TPSA) is 20.3 Å². The first-order valence-electron chi connectivity index (χ1n) is 9.62. The highest BCUT2D eigenvalue weighted by atomic mass is 16.1. The Morgan fingerprint density at radius 1 is 0.840 bits per heavy atom. The molecular formula is C23H29NO. The number of carbonyl (C=O) groups excluding carboxylic acids is 1. The van der Waals surface area contributed by atoms with Crippen LogP contribution in [0.2, 0.25) is 0 Å². The van der Waals surface area contributed by atoms with Gasteiger partial charge in [-0.25, -0.2) is 0 Å². The molecule has 1 atom stereocenters. The summed E-state index contributed by atoms with van der Waals surface area (Å²) in [6.07, 6.45) is 8.77. The molecule has 1 saturated carbocycles. The number of hydrogen-bond donors (Lipinski definition) is 0. The summed E-state index contributed by atoms with van der Waals surface area (Å²) < 4.78 is 0. The number of rotatable bonds is 8. The second kappa shape index (κ2) is 9.53. The molecule has 0 radical (unpaired) electrons. The highest BCUT2D eigenvalue weighted by molar-refractivity contribution is 5.57. The van der Waals surface area contributed by atoms with Gasteiger partial charge in [0.15, 0.2) is 0 Å². The molecule has 3 rings (SSSR count). The van der Waals surface area contributed by atoms with Crippen molar-refractivity contribution < 1.29 is 4.79 Å². The second-order valence-corrected chi connectivity index (χ2v) is 7.32. The fourth-order valence-corrected chi connectivity index (χ4v) is 3.98. The van der Waals surface area contributed by atoms with Gasteiger partial charge in [0, 0.05) is 13.1 Å². The summed E-state index contributed by atoms with van der Waals surface area (Å²) in [6.45, 7) is 1.65. The Hall–Kier alpha value is -1.93. The molecule has 0 spiro atoms. The van der Waals surface area contributed by atoms with E-state index in [2.05, 4.69) is 53.4 Å². The fourth-order valence-electron chi connectivity index (χ4n) is 3.98. The summed E-state index contributed by atoms with van der Waals surface area (Å²) in [5, 5.41) is 0. The van der Waals surface area contributed by atoms with E-state index in [0.29, 0.717) is 5.92 Å². The van der Waals surface area contributed by atoms with E-state index in [-0.39, 0.29) is 6.04 Å². The lowest BCUT2D eigenvalue weighted by Gasteiger charge is -2.32. The molecule has 1 aliphatic carbocycles. The van der Waals surface area contributed by atoms with E-state index in [1.54, 1.807) is 0 Å². The zero-order chi connectivity index (χ0) is 17.3. The fraction of sp³-hybridized carbons (Fsp3) is 0.435. The minimum Gasteiger partial charge on any atom is -0.302 e. The summed E-state index contributed by atoms with van der Waals surface area (Å²) in [4.78, 5) is 14.3. The van der Waals surface area contributed by atoms with Crippen LogP contribution in [0.15, 0.2) is 60.7 Å². The van der Waals surface area contributed by atoms with Gasteiger partial charge in [-0.3, -0.25) is 4.90 Å². The number of carbonyl (C=O) groups is 1. The molecule has 2 heteroatoms. The molecule has 0 aromatic heterocycles. The summed E-state index contributed by atoms with van der Waals surface area (Å²) in [5.74, 6) is 0.706. The average molecular weight is 335 g/mol. The van der Waals surface area contributed by atoms with Crippen molar-refractivity contribution in [2.75, 3.05) is 0 Å². The van der Waals surface area contributed by atoms with Crippen LogP contribution in [0.1, 0.15) is 49.7 Å². The molecule has 132 valence electrons. The van der Waals surface area contributed by atoms with Gasteiger partial charge in [0.05, 0.1) is 6.04 Å². The van der Waals surface area contributed by atoms with Crippen molar-refractivity contribution >= 4 is 6.29 Å². The van der Waals surface area contributed by atoms with Crippen LogP contribution in [-0.2, 0) is 17.9 Å². The maximum atomic E-state index is 12.0. The van der Waals surface area contributed by atoms with E-state index < -0.39 is 0 Å². The first-order chi connectivity index (χ1) is 12.3. The molecule has 0 aliphatic heterocycles. The molecule has 0 unspecified atom stereocenters. The van der Waals surface area contributed by atoms with Gasteiger partial charge in [0.25, 0.3) is 0 Å². The SMILES string of the molecule is O=C[C@H](CC1CCCCC1)N(Cc1ccccc1)Cc1ccccc1. The van der Waals surface area contributed by atoms with Crippen LogP contribution in [0.4, 0.5) is 0 Å². The molecule has 0 N–H and O–H groups in total. The normalized spacial score (nSPS) is 16.7. The van der Waals surface area contributed by atoms with E-state index in [1.807, 2.05) is 12.1 Å². The predicted molar refractivity (Wildman–Crippen MR) is 103 cm³/mol. The predicted octanol–water partition coefficient (Wildman–Crippen LogP) is 5.23. The van der Waals surface area contributed by atoms with Crippen molar-refractivity contribution in [1.82, 2.24) is 4.90 Å². The molecule has 0 heterocycles. The first kappa shape index (κ1) is 17.9. The van der Waals surface area contributed by atoms with Gasteiger partial charge in [-0.1, -0.05) is 92.8 Å². The summed E-state index contributed by atoms with van der Waals surface area (Å²) in [6, 6.07) is 21.0. The Labute approximate surface area is 151 Å². The molecule has 0 amide bonds. The molecule has 2 nitrogen and oxygen atoms in total. The largest absolute Gasteiger partial charge is 0.302 e. The van der Waals surface area contributed by atoms with Gasteiger partial charge in [-0.05, 0) is 23.5 Å². The van der Waals surface area contributed by atoms with Crippen molar-refractivity contribution in [1.29, 1.82) is 0 Å². The van der Waals surface area contributed by atoms with Gasteiger partial charge < -0.3 is 4.79 Å². The minimum absolute atomic E-state index is 0.00325.